The largest absolute Gasteiger partial charge is 0.494 e. The van der Waals surface area contributed by atoms with Gasteiger partial charge in [0.1, 0.15) is 17.6 Å². The van der Waals surface area contributed by atoms with Crippen molar-refractivity contribution in [3.63, 3.8) is 0 Å². The molecule has 4 heteroatoms. The fraction of sp³-hybridized carbons (Fsp3) is 0.500. The molecular weight excluding hydrogens is 204 g/mol. The number of nitrogen functional groups attached to an aromatic ring is 1. The van der Waals surface area contributed by atoms with Gasteiger partial charge in [0.2, 0.25) is 0 Å². The quantitative estimate of drug-likeness (QED) is 0.784. The predicted octanol–water partition coefficient (Wildman–Crippen LogP) is 1.36. The van der Waals surface area contributed by atoms with Crippen LogP contribution in [0.2, 0.25) is 0 Å². The van der Waals surface area contributed by atoms with Gasteiger partial charge in [0.05, 0.1) is 12.8 Å². The molecule has 0 spiro atoms. The number of likely N-dealkylation sites (N-methyl/N-ethyl adjacent to an activating group) is 1. The zero-order valence-corrected chi connectivity index (χ0v) is 9.77. The first-order valence-corrected chi connectivity index (χ1v) is 5.48. The second-order valence-electron chi connectivity index (χ2n) is 4.19. The number of hydrogen-bond acceptors (Lipinski definition) is 4. The molecule has 0 amide bonds. The summed E-state index contributed by atoms with van der Waals surface area (Å²) in [5.41, 5.74) is 6.38. The number of benzene rings is 1. The molecule has 1 aliphatic heterocycles. The van der Waals surface area contributed by atoms with Gasteiger partial charge in [-0.05, 0) is 25.6 Å². The zero-order valence-electron chi connectivity index (χ0n) is 9.77. The molecule has 1 unspecified atom stereocenters. The molecule has 1 aromatic rings. The maximum atomic E-state index is 5.87. The Balaban J connectivity index is 2.04. The fourth-order valence-corrected chi connectivity index (χ4v) is 1.95. The molecule has 1 fully saturated rings. The van der Waals surface area contributed by atoms with E-state index in [2.05, 4.69) is 11.9 Å². The SMILES string of the molecule is COc1cc(OC2CCN(C)C2)ccc1N. The molecule has 1 saturated heterocycles. The lowest BCUT2D eigenvalue weighted by Crippen LogP contribution is -2.21. The molecule has 2 rings (SSSR count). The summed E-state index contributed by atoms with van der Waals surface area (Å²) in [5, 5.41) is 0. The molecule has 1 atom stereocenters. The fourth-order valence-electron chi connectivity index (χ4n) is 1.95. The van der Waals surface area contributed by atoms with Crippen LogP contribution in [0.3, 0.4) is 0 Å². The van der Waals surface area contributed by atoms with Crippen molar-refractivity contribution in [3.05, 3.63) is 18.2 Å². The van der Waals surface area contributed by atoms with Crippen LogP contribution in [0.4, 0.5) is 5.69 Å². The molecule has 88 valence electrons. The average Bonchev–Trinajstić information content (AvgIpc) is 2.67. The van der Waals surface area contributed by atoms with Crippen molar-refractivity contribution in [1.29, 1.82) is 0 Å². The monoisotopic (exact) mass is 222 g/mol. The molecule has 0 aromatic heterocycles. The minimum atomic E-state index is 0.276. The van der Waals surface area contributed by atoms with Gasteiger partial charge < -0.3 is 20.1 Å². The van der Waals surface area contributed by atoms with E-state index in [0.29, 0.717) is 11.4 Å². The summed E-state index contributed by atoms with van der Waals surface area (Å²) < 4.78 is 11.0. The Labute approximate surface area is 95.9 Å². The first-order valence-electron chi connectivity index (χ1n) is 5.48. The van der Waals surface area contributed by atoms with Crippen LogP contribution in [0.15, 0.2) is 18.2 Å². The number of anilines is 1. The van der Waals surface area contributed by atoms with E-state index in [1.165, 1.54) is 0 Å². The van der Waals surface area contributed by atoms with Crippen LogP contribution in [0.5, 0.6) is 11.5 Å². The van der Waals surface area contributed by atoms with Gasteiger partial charge in [-0.15, -0.1) is 0 Å². The third-order valence-corrected chi connectivity index (χ3v) is 2.86. The van der Waals surface area contributed by atoms with Crippen molar-refractivity contribution in [2.75, 3.05) is 33.0 Å². The Morgan fingerprint density at radius 3 is 2.88 bits per heavy atom. The molecule has 1 aliphatic rings. The van der Waals surface area contributed by atoms with Crippen LogP contribution in [-0.2, 0) is 0 Å². The first kappa shape index (κ1) is 11.1. The van der Waals surface area contributed by atoms with Gasteiger partial charge in [0.15, 0.2) is 0 Å². The zero-order chi connectivity index (χ0) is 11.5. The Kier molecular flexibility index (Phi) is 3.19. The molecule has 0 radical (unpaired) electrons. The van der Waals surface area contributed by atoms with Crippen LogP contribution in [-0.4, -0.2) is 38.3 Å². The number of nitrogens with two attached hydrogens (primary N) is 1. The Morgan fingerprint density at radius 1 is 1.44 bits per heavy atom. The van der Waals surface area contributed by atoms with Crippen LogP contribution in [0, 0.1) is 0 Å². The summed E-state index contributed by atoms with van der Waals surface area (Å²) in [6, 6.07) is 5.54. The molecule has 4 nitrogen and oxygen atoms in total. The van der Waals surface area contributed by atoms with E-state index in [0.717, 1.165) is 25.3 Å². The van der Waals surface area contributed by atoms with Crippen LogP contribution in [0.25, 0.3) is 0 Å². The normalized spacial score (nSPS) is 21.0. The number of likely N-dealkylation sites (tertiary alicyclic amines) is 1. The maximum absolute atomic E-state index is 5.87. The van der Waals surface area contributed by atoms with Crippen molar-refractivity contribution < 1.29 is 9.47 Å². The van der Waals surface area contributed by atoms with Gasteiger partial charge in [0.25, 0.3) is 0 Å². The topological polar surface area (TPSA) is 47.7 Å². The van der Waals surface area contributed by atoms with E-state index in [4.69, 9.17) is 15.2 Å². The number of ether oxygens (including phenoxy) is 2. The summed E-state index contributed by atoms with van der Waals surface area (Å²) in [5.74, 6) is 1.50. The summed E-state index contributed by atoms with van der Waals surface area (Å²) in [6.45, 7) is 2.07. The van der Waals surface area contributed by atoms with Crippen LogP contribution >= 0.6 is 0 Å². The highest BCUT2D eigenvalue weighted by Crippen LogP contribution is 2.28. The summed E-state index contributed by atoms with van der Waals surface area (Å²) in [7, 11) is 3.71. The number of hydrogen-bond donors (Lipinski definition) is 1. The third kappa shape index (κ3) is 2.39. The molecule has 1 aromatic carbocycles. The van der Waals surface area contributed by atoms with Gasteiger partial charge in [-0.3, -0.25) is 0 Å². The first-order chi connectivity index (χ1) is 7.69. The van der Waals surface area contributed by atoms with Crippen molar-refractivity contribution in [2.24, 2.45) is 0 Å². The third-order valence-electron chi connectivity index (χ3n) is 2.86. The second-order valence-corrected chi connectivity index (χ2v) is 4.19. The lowest BCUT2D eigenvalue weighted by atomic mass is 10.2. The van der Waals surface area contributed by atoms with Crippen LogP contribution in [0.1, 0.15) is 6.42 Å². The molecule has 2 N–H and O–H groups in total. The number of rotatable bonds is 3. The van der Waals surface area contributed by atoms with Crippen LogP contribution < -0.4 is 15.2 Å². The van der Waals surface area contributed by atoms with Crippen molar-refractivity contribution in [1.82, 2.24) is 4.90 Å². The van der Waals surface area contributed by atoms with Crippen molar-refractivity contribution in [3.8, 4) is 11.5 Å². The summed E-state index contributed by atoms with van der Waals surface area (Å²) in [6.07, 6.45) is 1.35. The lowest BCUT2D eigenvalue weighted by molar-refractivity contribution is 0.207. The Bertz CT molecular complexity index is 368. The average molecular weight is 222 g/mol. The molecular formula is C12H18N2O2. The summed E-state index contributed by atoms with van der Waals surface area (Å²) in [4.78, 5) is 2.26. The van der Waals surface area contributed by atoms with Gasteiger partial charge in [-0.2, -0.15) is 0 Å². The standard InChI is InChI=1S/C12H18N2O2/c1-14-6-5-10(8-14)16-9-3-4-11(13)12(7-9)15-2/h3-4,7,10H,5-6,8,13H2,1-2H3. The van der Waals surface area contributed by atoms with E-state index in [1.54, 1.807) is 7.11 Å². The highest BCUT2D eigenvalue weighted by atomic mass is 16.5. The van der Waals surface area contributed by atoms with Gasteiger partial charge in [0, 0.05) is 19.2 Å². The smallest absolute Gasteiger partial charge is 0.145 e. The highest BCUT2D eigenvalue weighted by molar-refractivity contribution is 5.55. The van der Waals surface area contributed by atoms with Gasteiger partial charge >= 0.3 is 0 Å². The van der Waals surface area contributed by atoms with Crippen molar-refractivity contribution in [2.45, 2.75) is 12.5 Å². The minimum absolute atomic E-state index is 0.276. The summed E-state index contributed by atoms with van der Waals surface area (Å²) >= 11 is 0. The second kappa shape index (κ2) is 4.61. The molecule has 0 bridgehead atoms. The van der Waals surface area contributed by atoms with E-state index in [-0.39, 0.29) is 6.10 Å². The molecule has 1 heterocycles. The van der Waals surface area contributed by atoms with E-state index in [1.807, 2.05) is 18.2 Å². The molecule has 16 heavy (non-hydrogen) atoms. The minimum Gasteiger partial charge on any atom is -0.494 e. The number of nitrogens with zero attached hydrogens (tertiary/aromatic N) is 1. The van der Waals surface area contributed by atoms with Gasteiger partial charge in [-0.1, -0.05) is 0 Å². The molecule has 0 aliphatic carbocycles. The maximum Gasteiger partial charge on any atom is 0.145 e. The van der Waals surface area contributed by atoms with Gasteiger partial charge in [-0.25, -0.2) is 0 Å². The van der Waals surface area contributed by atoms with E-state index >= 15 is 0 Å². The predicted molar refractivity (Wildman–Crippen MR) is 63.9 cm³/mol. The van der Waals surface area contributed by atoms with E-state index in [9.17, 15) is 0 Å². The van der Waals surface area contributed by atoms with E-state index < -0.39 is 0 Å². The number of methoxy groups -OCH3 is 1. The lowest BCUT2D eigenvalue weighted by Gasteiger charge is -2.15. The van der Waals surface area contributed by atoms with Crippen molar-refractivity contribution >= 4 is 5.69 Å². The highest BCUT2D eigenvalue weighted by Gasteiger charge is 2.21. The molecule has 0 saturated carbocycles. The Hall–Kier alpha value is -1.42. The Morgan fingerprint density at radius 2 is 2.25 bits per heavy atom.